The van der Waals surface area contributed by atoms with Crippen LogP contribution in [0, 0.1) is 17.8 Å². The van der Waals surface area contributed by atoms with Crippen molar-refractivity contribution in [2.45, 2.75) is 77.4 Å². The SMILES string of the molecule is COc1ccc(C[C@H]2NC(=O)/C=C/C[C@@H]([C@H](C)[C@H]3O[C@@H]3c3ccccc3)OC(=O)C(CC(C)C)OC(=O)[C@H](C)CNC2=O)cc1Cl. The van der Waals surface area contributed by atoms with Crippen molar-refractivity contribution in [3.8, 4) is 5.75 Å². The summed E-state index contributed by atoms with van der Waals surface area (Å²) in [6.07, 6.45) is 1.40. The van der Waals surface area contributed by atoms with Crippen LogP contribution in [0.15, 0.2) is 60.7 Å². The molecule has 10 nitrogen and oxygen atoms in total. The molecule has 0 aromatic heterocycles. The highest BCUT2D eigenvalue weighted by Gasteiger charge is 2.47. The number of rotatable bonds is 8. The molecule has 2 amide bonds. The number of carbonyl (C=O) groups is 4. The zero-order chi connectivity index (χ0) is 33.4. The first-order valence-electron chi connectivity index (χ1n) is 15.6. The summed E-state index contributed by atoms with van der Waals surface area (Å²) in [7, 11) is 1.51. The summed E-state index contributed by atoms with van der Waals surface area (Å²) in [6, 6.07) is 13.9. The molecule has 46 heavy (non-hydrogen) atoms. The Morgan fingerprint density at radius 1 is 1.00 bits per heavy atom. The number of hydrogen-bond acceptors (Lipinski definition) is 8. The molecule has 2 aliphatic rings. The van der Waals surface area contributed by atoms with Gasteiger partial charge in [0.2, 0.25) is 11.8 Å². The topological polar surface area (TPSA) is 133 Å². The van der Waals surface area contributed by atoms with Gasteiger partial charge in [0.15, 0.2) is 6.10 Å². The highest BCUT2D eigenvalue weighted by Crippen LogP contribution is 2.45. The third-order valence-corrected chi connectivity index (χ3v) is 8.44. The quantitative estimate of drug-likeness (QED) is 0.308. The van der Waals surface area contributed by atoms with E-state index in [-0.39, 0.29) is 49.9 Å². The van der Waals surface area contributed by atoms with Gasteiger partial charge in [0.25, 0.3) is 0 Å². The number of hydrogen-bond donors (Lipinski definition) is 2. The lowest BCUT2D eigenvalue weighted by atomic mass is 9.93. The van der Waals surface area contributed by atoms with Crippen molar-refractivity contribution in [1.29, 1.82) is 0 Å². The fourth-order valence-corrected chi connectivity index (χ4v) is 5.67. The van der Waals surface area contributed by atoms with Crippen LogP contribution in [0.4, 0.5) is 0 Å². The molecule has 0 aliphatic carbocycles. The van der Waals surface area contributed by atoms with Gasteiger partial charge < -0.3 is 29.6 Å². The van der Waals surface area contributed by atoms with Crippen LogP contribution in [0.5, 0.6) is 5.75 Å². The lowest BCUT2D eigenvalue weighted by Crippen LogP contribution is -2.49. The van der Waals surface area contributed by atoms with Crippen molar-refractivity contribution in [3.63, 3.8) is 0 Å². The molecule has 2 aromatic carbocycles. The van der Waals surface area contributed by atoms with E-state index in [4.69, 9.17) is 30.5 Å². The lowest BCUT2D eigenvalue weighted by molar-refractivity contribution is -0.176. The van der Waals surface area contributed by atoms with Crippen LogP contribution in [-0.2, 0) is 39.8 Å². The standard InChI is InChI=1S/C35H43ClN2O8/c1-20(2)16-29-35(42)44-27(22(4)31-32(46-31)24-10-7-6-8-11-24)12-9-13-30(39)38-26(33(40)37-19-21(3)34(41)45-29)18-23-14-15-28(43-5)25(36)17-23/h6-11,13-15,17,20-22,26-27,29,31-32H,12,16,18-19H2,1-5H3,(H,37,40)(H,38,39)/b13-9+/t21-,22+,26-,27+,29?,31-,32-/m1/s1. The number of benzene rings is 2. The maximum absolute atomic E-state index is 13.5. The van der Waals surface area contributed by atoms with E-state index in [1.165, 1.54) is 13.2 Å². The fourth-order valence-electron chi connectivity index (χ4n) is 5.39. The largest absolute Gasteiger partial charge is 0.495 e. The van der Waals surface area contributed by atoms with Crippen LogP contribution in [0.25, 0.3) is 0 Å². The molecular formula is C35H43ClN2O8. The van der Waals surface area contributed by atoms with Crippen LogP contribution in [0.2, 0.25) is 5.02 Å². The Balaban J connectivity index is 1.58. The molecule has 248 valence electrons. The van der Waals surface area contributed by atoms with Crippen molar-refractivity contribution in [1.82, 2.24) is 10.6 Å². The minimum Gasteiger partial charge on any atom is -0.495 e. The van der Waals surface area contributed by atoms with Crippen molar-refractivity contribution in [3.05, 3.63) is 76.8 Å². The second kappa shape index (κ2) is 16.1. The molecule has 11 heteroatoms. The Hall–Kier alpha value is -3.89. The Morgan fingerprint density at radius 3 is 2.41 bits per heavy atom. The lowest BCUT2D eigenvalue weighted by Gasteiger charge is -2.27. The van der Waals surface area contributed by atoms with Crippen LogP contribution in [0.1, 0.15) is 57.8 Å². The van der Waals surface area contributed by atoms with Gasteiger partial charge in [-0.2, -0.15) is 0 Å². The molecule has 0 saturated carbocycles. The van der Waals surface area contributed by atoms with Gasteiger partial charge in [-0.1, -0.05) is 81.8 Å². The van der Waals surface area contributed by atoms with Crippen LogP contribution < -0.4 is 15.4 Å². The summed E-state index contributed by atoms with van der Waals surface area (Å²) in [4.78, 5) is 52.9. The molecular weight excluding hydrogens is 612 g/mol. The van der Waals surface area contributed by atoms with Gasteiger partial charge in [-0.15, -0.1) is 0 Å². The predicted octanol–water partition coefficient (Wildman–Crippen LogP) is 4.73. The Bertz CT molecular complexity index is 1410. The van der Waals surface area contributed by atoms with Crippen molar-refractivity contribution in [2.24, 2.45) is 17.8 Å². The normalized spacial score (nSPS) is 27.5. The molecule has 7 atom stereocenters. The van der Waals surface area contributed by atoms with Gasteiger partial charge in [-0.05, 0) is 41.7 Å². The summed E-state index contributed by atoms with van der Waals surface area (Å²) < 4.78 is 22.9. The third-order valence-electron chi connectivity index (χ3n) is 8.14. The molecule has 1 unspecified atom stereocenters. The van der Waals surface area contributed by atoms with E-state index in [9.17, 15) is 19.2 Å². The number of nitrogens with one attached hydrogen (secondary N) is 2. The van der Waals surface area contributed by atoms with Crippen LogP contribution in [-0.4, -0.2) is 61.8 Å². The predicted molar refractivity (Wildman–Crippen MR) is 172 cm³/mol. The van der Waals surface area contributed by atoms with Gasteiger partial charge in [0.1, 0.15) is 24.0 Å². The average molecular weight is 655 g/mol. The monoisotopic (exact) mass is 654 g/mol. The van der Waals surface area contributed by atoms with Gasteiger partial charge in [-0.3, -0.25) is 14.4 Å². The van der Waals surface area contributed by atoms with E-state index >= 15 is 0 Å². The van der Waals surface area contributed by atoms with Crippen molar-refractivity contribution < 1.29 is 38.1 Å². The van der Waals surface area contributed by atoms with E-state index in [1.807, 2.05) is 51.1 Å². The fraction of sp³-hybridized carbons (Fsp3) is 0.486. The number of cyclic esters (lactones) is 2. The van der Waals surface area contributed by atoms with Gasteiger partial charge in [0.05, 0.1) is 24.2 Å². The number of esters is 2. The van der Waals surface area contributed by atoms with Gasteiger partial charge in [-0.25, -0.2) is 4.79 Å². The number of ether oxygens (including phenoxy) is 4. The van der Waals surface area contributed by atoms with E-state index in [0.717, 1.165) is 5.56 Å². The number of carbonyl (C=O) groups excluding carboxylic acids is 4. The average Bonchev–Trinajstić information content (AvgIpc) is 3.83. The highest BCUT2D eigenvalue weighted by molar-refractivity contribution is 6.32. The number of epoxide rings is 1. The molecule has 1 saturated heterocycles. The van der Waals surface area contributed by atoms with Gasteiger partial charge in [0, 0.05) is 25.3 Å². The molecule has 4 rings (SSSR count). The molecule has 0 spiro atoms. The Morgan fingerprint density at radius 2 is 1.74 bits per heavy atom. The number of amides is 2. The molecule has 2 N–H and O–H groups in total. The van der Waals surface area contributed by atoms with Gasteiger partial charge >= 0.3 is 11.9 Å². The smallest absolute Gasteiger partial charge is 0.347 e. The first kappa shape index (κ1) is 35.0. The molecule has 2 heterocycles. The Labute approximate surface area is 275 Å². The van der Waals surface area contributed by atoms with Crippen LogP contribution >= 0.6 is 11.6 Å². The minimum absolute atomic E-state index is 0.0341. The summed E-state index contributed by atoms with van der Waals surface area (Å²) in [5.41, 5.74) is 1.73. The maximum atomic E-state index is 13.5. The maximum Gasteiger partial charge on any atom is 0.347 e. The number of methoxy groups -OCH3 is 1. The second-order valence-corrected chi connectivity index (χ2v) is 12.7. The van der Waals surface area contributed by atoms with E-state index < -0.39 is 47.9 Å². The first-order valence-corrected chi connectivity index (χ1v) is 16.0. The zero-order valence-electron chi connectivity index (χ0n) is 26.9. The van der Waals surface area contributed by atoms with E-state index in [0.29, 0.717) is 16.3 Å². The van der Waals surface area contributed by atoms with Crippen molar-refractivity contribution in [2.75, 3.05) is 13.7 Å². The summed E-state index contributed by atoms with van der Waals surface area (Å²) in [5.74, 6) is -2.78. The number of halogens is 1. The van der Waals surface area contributed by atoms with E-state index in [2.05, 4.69) is 10.6 Å². The second-order valence-electron chi connectivity index (χ2n) is 12.3. The summed E-state index contributed by atoms with van der Waals surface area (Å²) >= 11 is 6.30. The van der Waals surface area contributed by atoms with E-state index in [1.54, 1.807) is 31.2 Å². The third kappa shape index (κ3) is 9.56. The molecule has 2 aromatic rings. The summed E-state index contributed by atoms with van der Waals surface area (Å²) in [5, 5.41) is 5.86. The summed E-state index contributed by atoms with van der Waals surface area (Å²) in [6.45, 7) is 7.31. The molecule has 0 bridgehead atoms. The van der Waals surface area contributed by atoms with Crippen molar-refractivity contribution >= 4 is 35.4 Å². The Kier molecular flexibility index (Phi) is 12.2. The molecule has 2 aliphatic heterocycles. The van der Waals surface area contributed by atoms with Crippen LogP contribution in [0.3, 0.4) is 0 Å². The molecule has 0 radical (unpaired) electrons. The first-order chi connectivity index (χ1) is 22.0. The minimum atomic E-state index is -1.13. The zero-order valence-corrected chi connectivity index (χ0v) is 27.6. The molecule has 1 fully saturated rings. The highest BCUT2D eigenvalue weighted by atomic mass is 35.5.